The fraction of sp³-hybridized carbons (Fsp3) is 0.231. The van der Waals surface area contributed by atoms with Gasteiger partial charge >= 0.3 is 5.97 Å². The lowest BCUT2D eigenvalue weighted by atomic mass is 10.00. The molecule has 4 aromatic rings. The van der Waals surface area contributed by atoms with Gasteiger partial charge in [0.25, 0.3) is 0 Å². The molecule has 0 spiro atoms. The molecule has 8 heteroatoms. The fourth-order valence-corrected chi connectivity index (χ4v) is 4.14. The number of nitrogens with zero attached hydrogens (tertiary/aromatic N) is 2. The van der Waals surface area contributed by atoms with Crippen molar-refractivity contribution in [2.45, 2.75) is 33.6 Å². The molecule has 34 heavy (non-hydrogen) atoms. The topological polar surface area (TPSA) is 111 Å². The summed E-state index contributed by atoms with van der Waals surface area (Å²) < 4.78 is 7.12. The molecule has 0 atom stereocenters. The first-order valence-corrected chi connectivity index (χ1v) is 11.1. The zero-order valence-electron chi connectivity index (χ0n) is 19.4. The normalized spacial score (nSPS) is 10.8. The van der Waals surface area contributed by atoms with Crippen LogP contribution in [0, 0.1) is 18.3 Å². The smallest absolute Gasteiger partial charge is 0.306 e. The van der Waals surface area contributed by atoms with Gasteiger partial charge in [0.05, 0.1) is 12.3 Å². The summed E-state index contributed by atoms with van der Waals surface area (Å²) in [4.78, 5) is 26.9. The Morgan fingerprint density at radius 3 is 2.50 bits per heavy atom. The van der Waals surface area contributed by atoms with Crippen LogP contribution in [0.25, 0.3) is 16.7 Å². The zero-order chi connectivity index (χ0) is 24.2. The average Bonchev–Trinajstić information content (AvgIpc) is 3.19. The van der Waals surface area contributed by atoms with Crippen molar-refractivity contribution in [1.82, 2.24) is 4.98 Å². The van der Waals surface area contributed by atoms with Crippen LogP contribution in [0.15, 0.2) is 48.5 Å². The fourth-order valence-electron chi connectivity index (χ4n) is 4.14. The minimum atomic E-state index is -0.282. The van der Waals surface area contributed by atoms with Crippen molar-refractivity contribution < 1.29 is 18.7 Å². The van der Waals surface area contributed by atoms with Crippen LogP contribution < -0.4 is 15.0 Å². The monoisotopic (exact) mass is 456 g/mol. The predicted octanol–water partition coefficient (Wildman–Crippen LogP) is 4.28. The summed E-state index contributed by atoms with van der Waals surface area (Å²) >= 11 is 0. The number of aromatic amines is 1. The van der Waals surface area contributed by atoms with E-state index in [1.165, 1.54) is 6.92 Å². The second kappa shape index (κ2) is 9.63. The maximum atomic E-state index is 12.1. The number of fused-ring (bicyclic) bond motifs is 3. The minimum Gasteiger partial charge on any atom is -0.466 e. The summed E-state index contributed by atoms with van der Waals surface area (Å²) in [7, 11) is 0. The number of hydrogen-bond acceptors (Lipinski definition) is 5. The second-order valence-electron chi connectivity index (χ2n) is 7.95. The highest BCUT2D eigenvalue weighted by atomic mass is 16.5. The van der Waals surface area contributed by atoms with E-state index in [1.54, 1.807) is 6.92 Å². The van der Waals surface area contributed by atoms with E-state index in [-0.39, 0.29) is 18.3 Å². The quantitative estimate of drug-likeness (QED) is 0.284. The van der Waals surface area contributed by atoms with Crippen molar-refractivity contribution in [3.63, 3.8) is 0 Å². The van der Waals surface area contributed by atoms with Crippen LogP contribution in [0.4, 0.5) is 17.2 Å². The molecule has 0 bridgehead atoms. The molecule has 2 aromatic carbocycles. The molecule has 0 aliphatic carbocycles. The number of aromatic nitrogens is 2. The first kappa shape index (κ1) is 22.8. The minimum absolute atomic E-state index is 0.138. The van der Waals surface area contributed by atoms with Crippen LogP contribution in [-0.4, -0.2) is 23.5 Å². The number of rotatable bonds is 7. The third kappa shape index (κ3) is 4.41. The largest absolute Gasteiger partial charge is 0.466 e. The molecule has 0 aliphatic heterocycles. The van der Waals surface area contributed by atoms with Gasteiger partial charge in [0.15, 0.2) is 0 Å². The number of H-pyrrole nitrogens is 1. The molecule has 4 rings (SSSR count). The van der Waals surface area contributed by atoms with Crippen LogP contribution >= 0.6 is 0 Å². The Balaban J connectivity index is 1.89. The Morgan fingerprint density at radius 1 is 1.12 bits per heavy atom. The van der Waals surface area contributed by atoms with Gasteiger partial charge in [-0.25, -0.2) is 0 Å². The Kier molecular flexibility index (Phi) is 6.46. The highest BCUT2D eigenvalue weighted by molar-refractivity contribution is 5.89. The van der Waals surface area contributed by atoms with Gasteiger partial charge in [-0.2, -0.15) is 9.66 Å². The number of carbonyl (C=O) groups excluding carboxylic acids is 2. The van der Waals surface area contributed by atoms with Crippen molar-refractivity contribution in [3.05, 3.63) is 65.2 Å². The van der Waals surface area contributed by atoms with E-state index >= 15 is 0 Å². The highest BCUT2D eigenvalue weighted by Gasteiger charge is 2.26. The van der Waals surface area contributed by atoms with Gasteiger partial charge in [-0.1, -0.05) is 12.1 Å². The number of amides is 1. The van der Waals surface area contributed by atoms with Gasteiger partial charge in [0.2, 0.25) is 17.4 Å². The van der Waals surface area contributed by atoms with Crippen molar-refractivity contribution >= 4 is 45.7 Å². The lowest BCUT2D eigenvalue weighted by Crippen LogP contribution is -2.29. The number of ether oxygens (including phenoxy) is 1. The number of pyridine rings is 1. The van der Waals surface area contributed by atoms with Crippen molar-refractivity contribution in [2.75, 3.05) is 17.2 Å². The number of hydrogen-bond donors (Lipinski definition) is 3. The first-order valence-electron chi connectivity index (χ1n) is 11.1. The molecule has 1 amide bonds. The highest BCUT2D eigenvalue weighted by Crippen LogP contribution is 2.29. The maximum absolute atomic E-state index is 12.1. The van der Waals surface area contributed by atoms with Crippen molar-refractivity contribution in [1.29, 1.82) is 5.26 Å². The number of nitriles is 1. The lowest BCUT2D eigenvalue weighted by molar-refractivity contribution is -0.465. The summed E-state index contributed by atoms with van der Waals surface area (Å²) in [6.07, 6.45) is 0.609. The van der Waals surface area contributed by atoms with E-state index in [2.05, 4.69) is 21.7 Å². The molecule has 2 heterocycles. The van der Waals surface area contributed by atoms with E-state index in [1.807, 2.05) is 59.9 Å². The van der Waals surface area contributed by atoms with E-state index < -0.39 is 0 Å². The number of anilines is 3. The summed E-state index contributed by atoms with van der Waals surface area (Å²) in [5.74, 6) is 0.344. The summed E-state index contributed by atoms with van der Waals surface area (Å²) in [6, 6.07) is 17.5. The standard InChI is InChI=1S/C26H25N5O3/c1-4-34-24(33)14-13-20-16(2)21(15-27)26-30-22-7-5-6-8-23(22)31(26)25(20)29-19-11-9-18(10-12-19)28-17(3)32/h5-12H,4,13-14H2,1-3H3,(H2,28,29,30,32)/p+1. The number of nitrogens with one attached hydrogen (secondary N) is 3. The van der Waals surface area contributed by atoms with Crippen LogP contribution in [0.3, 0.4) is 0 Å². The Bertz CT molecular complexity index is 1430. The summed E-state index contributed by atoms with van der Waals surface area (Å²) in [6.45, 7) is 5.47. The third-order valence-electron chi connectivity index (χ3n) is 5.66. The zero-order valence-corrected chi connectivity index (χ0v) is 19.4. The molecular weight excluding hydrogens is 430 g/mol. The summed E-state index contributed by atoms with van der Waals surface area (Å²) in [5, 5.41) is 16.2. The Labute approximate surface area is 197 Å². The number of carbonyl (C=O) groups is 2. The van der Waals surface area contributed by atoms with Gasteiger partial charge in [-0.3, -0.25) is 19.9 Å². The van der Waals surface area contributed by atoms with E-state index in [0.717, 1.165) is 33.7 Å². The molecular formula is C26H26N5O3+. The van der Waals surface area contributed by atoms with Crippen molar-refractivity contribution in [2.24, 2.45) is 0 Å². The Morgan fingerprint density at radius 2 is 1.82 bits per heavy atom. The third-order valence-corrected chi connectivity index (χ3v) is 5.66. The molecule has 0 unspecified atom stereocenters. The van der Waals surface area contributed by atoms with Crippen LogP contribution in [0.2, 0.25) is 0 Å². The Hall–Kier alpha value is -4.38. The van der Waals surface area contributed by atoms with Crippen LogP contribution in [0.5, 0.6) is 0 Å². The lowest BCUT2D eigenvalue weighted by Gasteiger charge is -2.14. The van der Waals surface area contributed by atoms with E-state index in [0.29, 0.717) is 29.9 Å². The van der Waals surface area contributed by atoms with Gasteiger partial charge in [-0.15, -0.1) is 0 Å². The number of esters is 1. The van der Waals surface area contributed by atoms with Crippen LogP contribution in [0.1, 0.15) is 37.0 Å². The van der Waals surface area contributed by atoms with E-state index in [9.17, 15) is 14.9 Å². The van der Waals surface area contributed by atoms with Crippen molar-refractivity contribution in [3.8, 4) is 6.07 Å². The molecule has 3 N–H and O–H groups in total. The van der Waals surface area contributed by atoms with Gasteiger partial charge < -0.3 is 10.1 Å². The average molecular weight is 457 g/mol. The van der Waals surface area contributed by atoms with Crippen LogP contribution in [-0.2, 0) is 20.7 Å². The molecule has 0 radical (unpaired) electrons. The molecule has 172 valence electrons. The van der Waals surface area contributed by atoms with Gasteiger partial charge in [0, 0.05) is 24.6 Å². The maximum Gasteiger partial charge on any atom is 0.306 e. The predicted molar refractivity (Wildman–Crippen MR) is 130 cm³/mol. The molecule has 0 aliphatic rings. The SMILES string of the molecule is CCOC(=O)CCc1c(C)c(C#N)c2[nH]c3ccccc3[n+]2c1Nc1ccc(NC(C)=O)cc1. The van der Waals surface area contributed by atoms with E-state index in [4.69, 9.17) is 4.74 Å². The van der Waals surface area contributed by atoms with Gasteiger partial charge in [-0.05, 0) is 62.2 Å². The number of benzene rings is 2. The number of para-hydroxylation sites is 2. The molecule has 8 nitrogen and oxygen atoms in total. The number of imidazole rings is 1. The molecule has 2 aromatic heterocycles. The van der Waals surface area contributed by atoms with Gasteiger partial charge in [0.1, 0.15) is 22.7 Å². The second-order valence-corrected chi connectivity index (χ2v) is 7.95. The molecule has 0 saturated carbocycles. The molecule has 0 saturated heterocycles. The molecule has 0 fully saturated rings. The first-order chi connectivity index (χ1) is 16.4. The summed E-state index contributed by atoms with van der Waals surface area (Å²) in [5.41, 5.74) is 6.17.